The number of carbonyl (C=O) groups excluding carboxylic acids is 2. The highest BCUT2D eigenvalue weighted by Gasteiger charge is 2.31. The van der Waals surface area contributed by atoms with E-state index in [1.54, 1.807) is 44.2 Å². The van der Waals surface area contributed by atoms with E-state index in [9.17, 15) is 27.3 Å². The van der Waals surface area contributed by atoms with E-state index in [-0.39, 0.29) is 40.9 Å². The van der Waals surface area contributed by atoms with E-state index in [4.69, 9.17) is 14.2 Å². The van der Waals surface area contributed by atoms with Crippen LogP contribution >= 0.6 is 0 Å². The fraction of sp³-hybridized carbons (Fsp3) is 0.310. The van der Waals surface area contributed by atoms with Gasteiger partial charge in [0, 0.05) is 42.5 Å². The number of carbonyl (C=O) groups is 2. The zero-order chi connectivity index (χ0) is 31.3. The molecular weight excluding hydrogens is 589 g/mol. The number of rotatable bonds is 10. The highest BCUT2D eigenvalue weighted by atomic mass is 32.2. The molecule has 0 fully saturated rings. The summed E-state index contributed by atoms with van der Waals surface area (Å²) in [4.78, 5) is 36.6. The molecule has 2 heterocycles. The van der Waals surface area contributed by atoms with Gasteiger partial charge in [-0.2, -0.15) is 18.2 Å². The Kier molecular flexibility index (Phi) is 9.81. The summed E-state index contributed by atoms with van der Waals surface area (Å²) >= 11 is -1.85. The number of alkyl halides is 3. The number of nitrogens with zero attached hydrogens (tertiary/aromatic N) is 4. The van der Waals surface area contributed by atoms with Gasteiger partial charge in [0.25, 0.3) is 0 Å². The van der Waals surface area contributed by atoms with Crippen molar-refractivity contribution >= 4 is 39.9 Å². The van der Waals surface area contributed by atoms with Crippen LogP contribution in [0.5, 0.6) is 11.5 Å². The Balaban J connectivity index is 1.66. The van der Waals surface area contributed by atoms with E-state index in [0.717, 1.165) is 0 Å². The molecule has 0 saturated carbocycles. The normalized spacial score (nSPS) is 12.2. The molecule has 10 nitrogen and oxygen atoms in total. The monoisotopic (exact) mass is 618 g/mol. The number of aryl methyl sites for hydroxylation is 1. The number of halogens is 3. The van der Waals surface area contributed by atoms with Gasteiger partial charge < -0.3 is 18.8 Å². The number of imidazole rings is 1. The van der Waals surface area contributed by atoms with Gasteiger partial charge in [0.1, 0.15) is 17.3 Å². The highest BCUT2D eigenvalue weighted by Crippen LogP contribution is 2.30. The van der Waals surface area contributed by atoms with Crippen molar-refractivity contribution in [1.29, 1.82) is 0 Å². The Bertz CT molecular complexity index is 1630. The largest absolute Gasteiger partial charge is 0.609 e. The van der Waals surface area contributed by atoms with Crippen LogP contribution in [0.3, 0.4) is 0 Å². The lowest BCUT2D eigenvalue weighted by Gasteiger charge is -2.22. The summed E-state index contributed by atoms with van der Waals surface area (Å²) in [5.74, 6) is -0.257. The van der Waals surface area contributed by atoms with Crippen molar-refractivity contribution in [1.82, 2.24) is 14.5 Å². The van der Waals surface area contributed by atoms with E-state index in [1.165, 1.54) is 48.0 Å². The molecule has 0 aliphatic carbocycles. The van der Waals surface area contributed by atoms with E-state index in [0.29, 0.717) is 28.0 Å². The quantitative estimate of drug-likeness (QED) is 0.173. The molecule has 4 rings (SSSR count). The Morgan fingerprint density at radius 1 is 1.14 bits per heavy atom. The average molecular weight is 619 g/mol. The van der Waals surface area contributed by atoms with Crippen LogP contribution < -0.4 is 14.4 Å². The number of pyridine rings is 1. The molecule has 0 radical (unpaired) electrons. The minimum Gasteiger partial charge on any atom is -0.609 e. The number of hydrogen-bond acceptors (Lipinski definition) is 8. The van der Waals surface area contributed by atoms with Gasteiger partial charge in [-0.15, -0.1) is 0 Å². The van der Waals surface area contributed by atoms with Crippen molar-refractivity contribution in [3.63, 3.8) is 0 Å². The maximum absolute atomic E-state index is 14.0. The van der Waals surface area contributed by atoms with Gasteiger partial charge in [0.05, 0.1) is 41.7 Å². The fourth-order valence-corrected chi connectivity index (χ4v) is 5.44. The number of benzene rings is 2. The summed E-state index contributed by atoms with van der Waals surface area (Å²) in [5, 5.41) is -0.0410. The van der Waals surface area contributed by atoms with Crippen LogP contribution in [0.2, 0.25) is 0 Å². The number of anilines is 1. The van der Waals surface area contributed by atoms with Gasteiger partial charge in [-0.1, -0.05) is 12.1 Å². The van der Waals surface area contributed by atoms with Crippen molar-refractivity contribution in [2.75, 3.05) is 38.0 Å². The van der Waals surface area contributed by atoms with Crippen molar-refractivity contribution in [3.8, 4) is 11.5 Å². The molecule has 2 aromatic carbocycles. The average Bonchev–Trinajstić information content (AvgIpc) is 3.38. The number of fused-ring (bicyclic) bond motifs is 1. The van der Waals surface area contributed by atoms with Gasteiger partial charge in [-0.3, -0.25) is 9.88 Å². The molecule has 2 aromatic heterocycles. The third-order valence-corrected chi connectivity index (χ3v) is 7.70. The number of esters is 1. The molecule has 0 N–H and O–H groups in total. The van der Waals surface area contributed by atoms with Gasteiger partial charge in [-0.05, 0) is 44.2 Å². The maximum Gasteiger partial charge on any atom is 0.422 e. The molecule has 1 unspecified atom stereocenters. The minimum absolute atomic E-state index is 0.0211. The maximum atomic E-state index is 14.0. The lowest BCUT2D eigenvalue weighted by atomic mass is 10.1. The van der Waals surface area contributed by atoms with Crippen molar-refractivity contribution in [2.24, 2.45) is 0 Å². The lowest BCUT2D eigenvalue weighted by molar-refractivity contribution is -0.153. The highest BCUT2D eigenvalue weighted by molar-refractivity contribution is 7.91. The van der Waals surface area contributed by atoms with Crippen LogP contribution in [0.4, 0.5) is 23.7 Å². The van der Waals surface area contributed by atoms with E-state index < -0.39 is 36.0 Å². The van der Waals surface area contributed by atoms with Crippen LogP contribution in [0.15, 0.2) is 59.9 Å². The molecule has 43 heavy (non-hydrogen) atoms. The van der Waals surface area contributed by atoms with E-state index in [1.807, 2.05) is 0 Å². The standard InChI is InChI=1S/C29H29F3N4O6S/c1-5-41-26(37)20-11-10-19(40-4)16-24(20)35(3)28(38)36-23-9-7-6-8-22(23)34-27(36)43(39)15-13-21-18(2)25(12-14-33-21)42-17-29(30,31)32/h6-12,14,16H,5,13,15,17H2,1-4H3. The summed E-state index contributed by atoms with van der Waals surface area (Å²) < 4.78 is 68.2. The zero-order valence-corrected chi connectivity index (χ0v) is 24.6. The molecule has 0 saturated heterocycles. The fourth-order valence-electron chi connectivity index (χ4n) is 4.30. The minimum atomic E-state index is -4.50. The van der Waals surface area contributed by atoms with Crippen LogP contribution in [-0.4, -0.2) is 70.4 Å². The summed E-state index contributed by atoms with van der Waals surface area (Å²) in [5.41, 5.74) is 1.92. The first-order valence-electron chi connectivity index (χ1n) is 13.1. The Morgan fingerprint density at radius 2 is 1.88 bits per heavy atom. The SMILES string of the molecule is CCOC(=O)c1ccc(OC)cc1N(C)C(=O)n1c([S+]([O-])CCc2nccc(OCC(F)(F)F)c2C)nc2ccccc21. The number of hydrogen-bond donors (Lipinski definition) is 0. The number of aromatic nitrogens is 3. The summed E-state index contributed by atoms with van der Waals surface area (Å²) in [7, 11) is 2.91. The third kappa shape index (κ3) is 7.20. The van der Waals surface area contributed by atoms with Gasteiger partial charge >= 0.3 is 23.3 Å². The van der Waals surface area contributed by atoms with Crippen LogP contribution in [0, 0.1) is 6.92 Å². The molecule has 0 spiro atoms. The number of methoxy groups -OCH3 is 1. The molecule has 14 heteroatoms. The van der Waals surface area contributed by atoms with Crippen molar-refractivity contribution in [2.45, 2.75) is 31.6 Å². The Labute approximate surface area is 248 Å². The second-order valence-corrected chi connectivity index (χ2v) is 10.7. The molecule has 0 aliphatic heterocycles. The number of para-hydroxylation sites is 2. The van der Waals surface area contributed by atoms with E-state index >= 15 is 0 Å². The second kappa shape index (κ2) is 13.3. The molecule has 1 amide bonds. The molecule has 0 bridgehead atoms. The predicted molar refractivity (Wildman–Crippen MR) is 153 cm³/mol. The summed E-state index contributed by atoms with van der Waals surface area (Å²) in [6.45, 7) is 1.91. The molecule has 1 atom stereocenters. The zero-order valence-electron chi connectivity index (χ0n) is 23.8. The molecule has 4 aromatic rings. The second-order valence-electron chi connectivity index (χ2n) is 9.25. The number of amides is 1. The van der Waals surface area contributed by atoms with Crippen LogP contribution in [-0.2, 0) is 22.3 Å². The topological polar surface area (TPSA) is 119 Å². The smallest absolute Gasteiger partial charge is 0.422 e. The first kappa shape index (κ1) is 31.6. The van der Waals surface area contributed by atoms with Crippen molar-refractivity contribution < 1.29 is 41.5 Å². The molecule has 228 valence electrons. The van der Waals surface area contributed by atoms with Gasteiger partial charge in [0.15, 0.2) is 6.61 Å². The van der Waals surface area contributed by atoms with Gasteiger partial charge in [-0.25, -0.2) is 14.2 Å². The predicted octanol–water partition coefficient (Wildman–Crippen LogP) is 5.32. The van der Waals surface area contributed by atoms with E-state index in [2.05, 4.69) is 9.97 Å². The lowest BCUT2D eigenvalue weighted by Crippen LogP contribution is -2.34. The third-order valence-electron chi connectivity index (χ3n) is 6.45. The number of ether oxygens (including phenoxy) is 3. The van der Waals surface area contributed by atoms with Crippen molar-refractivity contribution in [3.05, 3.63) is 71.5 Å². The first-order chi connectivity index (χ1) is 20.4. The van der Waals surface area contributed by atoms with Gasteiger partial charge in [0.2, 0.25) is 0 Å². The molecule has 0 aliphatic rings. The van der Waals surface area contributed by atoms with Crippen LogP contribution in [0.25, 0.3) is 11.0 Å². The summed E-state index contributed by atoms with van der Waals surface area (Å²) in [6.07, 6.45) is -3.07. The van der Waals surface area contributed by atoms with Crippen LogP contribution in [0.1, 0.15) is 28.5 Å². The Morgan fingerprint density at radius 3 is 2.58 bits per heavy atom. The Hall–Kier alpha value is -4.30. The summed E-state index contributed by atoms with van der Waals surface area (Å²) in [6, 6.07) is 12.0. The first-order valence-corrected chi connectivity index (χ1v) is 14.4. The molecular formula is C29H29F3N4O6S.